The number of rotatable bonds is 5. The highest BCUT2D eigenvalue weighted by Gasteiger charge is 2.59. The largest absolute Gasteiger partial charge is 0.388 e. The van der Waals surface area contributed by atoms with Crippen LogP contribution in [0.5, 0.6) is 0 Å². The van der Waals surface area contributed by atoms with Crippen molar-refractivity contribution in [2.45, 2.75) is 54.8 Å². The van der Waals surface area contributed by atoms with E-state index in [0.717, 1.165) is 0 Å². The molecule has 3 aliphatic rings. The summed E-state index contributed by atoms with van der Waals surface area (Å²) in [5.74, 6) is -2.09. The third-order valence-electron chi connectivity index (χ3n) is 4.38. The molecule has 3 aliphatic heterocycles. The highest BCUT2D eigenvalue weighted by Crippen LogP contribution is 2.37. The molecule has 0 spiro atoms. The van der Waals surface area contributed by atoms with Gasteiger partial charge in [0.15, 0.2) is 6.29 Å². The molecule has 0 bridgehead atoms. The Labute approximate surface area is 140 Å². The van der Waals surface area contributed by atoms with Gasteiger partial charge in [0.2, 0.25) is 5.79 Å². The Balaban J connectivity index is 1.69. The number of aliphatic hydroxyl groups excluding tert-OH is 4. The highest BCUT2D eigenvalue weighted by molar-refractivity contribution is 5.00. The Morgan fingerprint density at radius 3 is 2.56 bits per heavy atom. The molecule has 0 aromatic heterocycles. The maximum absolute atomic E-state index is 10.5. The van der Waals surface area contributed by atoms with E-state index >= 15 is 0 Å². The van der Waals surface area contributed by atoms with Crippen molar-refractivity contribution >= 4 is 0 Å². The van der Waals surface area contributed by atoms with Crippen molar-refractivity contribution in [2.75, 3.05) is 19.8 Å². The van der Waals surface area contributed by atoms with E-state index in [9.17, 15) is 35.6 Å². The fourth-order valence-corrected chi connectivity index (χ4v) is 3.06. The lowest BCUT2D eigenvalue weighted by Gasteiger charge is -2.42. The second-order valence-corrected chi connectivity index (χ2v) is 6.09. The summed E-state index contributed by atoms with van der Waals surface area (Å²) in [6, 6.07) is 0. The van der Waals surface area contributed by atoms with Gasteiger partial charge >= 0.3 is 0 Å². The van der Waals surface area contributed by atoms with Gasteiger partial charge in [0, 0.05) is 0 Å². The van der Waals surface area contributed by atoms with Crippen molar-refractivity contribution in [1.29, 1.82) is 0 Å². The molecular formula is C12H19NO12. The summed E-state index contributed by atoms with van der Waals surface area (Å²) in [6.45, 7) is -1.22. The van der Waals surface area contributed by atoms with Crippen LogP contribution in [0.25, 0.3) is 0 Å². The Morgan fingerprint density at radius 1 is 1.16 bits per heavy atom. The number of nitrogens with zero attached hydrogens (tertiary/aromatic N) is 1. The van der Waals surface area contributed by atoms with E-state index in [0.29, 0.717) is 0 Å². The quantitative estimate of drug-likeness (QED) is 0.179. The minimum Gasteiger partial charge on any atom is -0.388 e. The molecule has 0 amide bonds. The van der Waals surface area contributed by atoms with Gasteiger partial charge in [-0.2, -0.15) is 0 Å². The normalized spacial score (nSPS) is 49.8. The Hall–Kier alpha value is -1.16. The van der Waals surface area contributed by atoms with Crippen LogP contribution in [0.3, 0.4) is 0 Å². The molecule has 0 aromatic carbocycles. The van der Waals surface area contributed by atoms with Gasteiger partial charge < -0.3 is 49.3 Å². The molecule has 3 saturated heterocycles. The molecule has 144 valence electrons. The second kappa shape index (κ2) is 6.86. The van der Waals surface area contributed by atoms with Crippen LogP contribution in [-0.2, 0) is 23.8 Å². The van der Waals surface area contributed by atoms with E-state index in [2.05, 4.69) is 4.84 Å². The average molecular weight is 369 g/mol. The molecular weight excluding hydrogens is 350 g/mol. The topological polar surface area (TPSA) is 190 Å². The fraction of sp³-hybridized carbons (Fsp3) is 1.00. The van der Waals surface area contributed by atoms with Gasteiger partial charge in [0.05, 0.1) is 6.61 Å². The summed E-state index contributed by atoms with van der Waals surface area (Å²) in [6.07, 6.45) is -11.1. The zero-order valence-electron chi connectivity index (χ0n) is 12.8. The molecule has 0 saturated carbocycles. The van der Waals surface area contributed by atoms with Gasteiger partial charge in [-0.15, -0.1) is 10.1 Å². The molecule has 3 heterocycles. The van der Waals surface area contributed by atoms with Crippen molar-refractivity contribution in [3.8, 4) is 0 Å². The standard InChI is InChI=1S/C12H19NO12/c14-4-1-21-10-9(4)22-3-12(10,18)25-11-8(17)7(16)6(15)5(24-11)2-23-13(19)20/h4-11,14-18H,1-3H2/t4-,5-,6+,7+,8-,9-,10+,11+,12+/m1/s1. The van der Waals surface area contributed by atoms with Gasteiger partial charge in [-0.3, -0.25) is 0 Å². The predicted molar refractivity (Wildman–Crippen MR) is 71.1 cm³/mol. The molecule has 0 radical (unpaired) electrons. The van der Waals surface area contributed by atoms with Crippen molar-refractivity contribution in [3.05, 3.63) is 10.1 Å². The molecule has 25 heavy (non-hydrogen) atoms. The zero-order chi connectivity index (χ0) is 18.4. The molecule has 0 unspecified atom stereocenters. The predicted octanol–water partition coefficient (Wildman–Crippen LogP) is -4.13. The van der Waals surface area contributed by atoms with Crippen molar-refractivity contribution in [1.82, 2.24) is 0 Å². The van der Waals surface area contributed by atoms with E-state index < -0.39 is 73.1 Å². The van der Waals surface area contributed by atoms with Crippen molar-refractivity contribution in [3.63, 3.8) is 0 Å². The van der Waals surface area contributed by atoms with Crippen LogP contribution in [0.2, 0.25) is 0 Å². The van der Waals surface area contributed by atoms with E-state index in [1.165, 1.54) is 0 Å². The maximum Gasteiger partial charge on any atom is 0.294 e. The van der Waals surface area contributed by atoms with Gasteiger partial charge in [-0.05, 0) is 0 Å². The van der Waals surface area contributed by atoms with E-state index in [1.807, 2.05) is 0 Å². The molecule has 3 fully saturated rings. The average Bonchev–Trinajstić information content (AvgIpc) is 3.09. The van der Waals surface area contributed by atoms with Gasteiger partial charge in [0.25, 0.3) is 5.09 Å². The smallest absolute Gasteiger partial charge is 0.294 e. The lowest BCUT2D eigenvalue weighted by molar-refractivity contribution is -0.760. The van der Waals surface area contributed by atoms with Gasteiger partial charge in [0.1, 0.15) is 55.9 Å². The number of ether oxygens (including phenoxy) is 4. The number of fused-ring (bicyclic) bond motifs is 1. The Bertz CT molecular complexity index is 506. The van der Waals surface area contributed by atoms with Crippen LogP contribution >= 0.6 is 0 Å². The van der Waals surface area contributed by atoms with Crippen molar-refractivity contribution < 1.29 is 54.4 Å². The fourth-order valence-electron chi connectivity index (χ4n) is 3.06. The number of hydrogen-bond acceptors (Lipinski definition) is 12. The molecule has 3 rings (SSSR count). The van der Waals surface area contributed by atoms with Gasteiger partial charge in [-0.1, -0.05) is 0 Å². The maximum atomic E-state index is 10.5. The summed E-state index contributed by atoms with van der Waals surface area (Å²) in [4.78, 5) is 14.4. The summed E-state index contributed by atoms with van der Waals surface area (Å²) in [5, 5.41) is 59.1. The van der Waals surface area contributed by atoms with Crippen LogP contribution < -0.4 is 0 Å². The van der Waals surface area contributed by atoms with Crippen LogP contribution in [0, 0.1) is 10.1 Å². The van der Waals surface area contributed by atoms with Crippen LogP contribution in [0.1, 0.15) is 0 Å². The molecule has 13 nitrogen and oxygen atoms in total. The van der Waals surface area contributed by atoms with Gasteiger partial charge in [-0.25, -0.2) is 0 Å². The molecule has 0 aromatic rings. The second-order valence-electron chi connectivity index (χ2n) is 6.09. The van der Waals surface area contributed by atoms with E-state index in [4.69, 9.17) is 18.9 Å². The summed E-state index contributed by atoms with van der Waals surface area (Å²) < 4.78 is 20.9. The first-order valence-electron chi connectivity index (χ1n) is 7.51. The first-order chi connectivity index (χ1) is 11.7. The summed E-state index contributed by atoms with van der Waals surface area (Å²) in [7, 11) is 0. The molecule has 0 aliphatic carbocycles. The summed E-state index contributed by atoms with van der Waals surface area (Å²) in [5.41, 5.74) is 0. The third-order valence-corrected chi connectivity index (χ3v) is 4.38. The minimum atomic E-state index is -2.09. The zero-order valence-corrected chi connectivity index (χ0v) is 12.8. The first-order valence-corrected chi connectivity index (χ1v) is 7.51. The lowest BCUT2D eigenvalue weighted by Crippen LogP contribution is -2.62. The SMILES string of the molecule is O=[N+]([O-])OC[C@H]1O[C@@H](O[C@@]2(O)CO[C@@H]3[C@H](O)CO[C@@H]32)[C@H](O)[C@@H](O)[C@H]1O. The first kappa shape index (κ1) is 18.6. The van der Waals surface area contributed by atoms with Crippen LogP contribution in [0.15, 0.2) is 0 Å². The third kappa shape index (κ3) is 3.42. The minimum absolute atomic E-state index is 0.0876. The Kier molecular flexibility index (Phi) is 5.11. The van der Waals surface area contributed by atoms with E-state index in [1.54, 1.807) is 0 Å². The lowest BCUT2D eigenvalue weighted by atomic mass is 9.99. The van der Waals surface area contributed by atoms with Crippen LogP contribution in [0.4, 0.5) is 0 Å². The molecule has 5 N–H and O–H groups in total. The summed E-state index contributed by atoms with van der Waals surface area (Å²) >= 11 is 0. The molecule has 13 heteroatoms. The highest BCUT2D eigenvalue weighted by atomic mass is 17.0. The molecule has 9 atom stereocenters. The van der Waals surface area contributed by atoms with Crippen LogP contribution in [-0.4, -0.2) is 105 Å². The monoisotopic (exact) mass is 369 g/mol. The van der Waals surface area contributed by atoms with E-state index in [-0.39, 0.29) is 6.61 Å². The van der Waals surface area contributed by atoms with Crippen molar-refractivity contribution in [2.24, 2.45) is 0 Å². The Morgan fingerprint density at radius 2 is 1.88 bits per heavy atom. The number of hydrogen-bond donors (Lipinski definition) is 5. The number of aliphatic hydroxyl groups is 5.